The minimum atomic E-state index is -4.48. The number of para-hydroxylation sites is 1. The number of halogens is 3. The molecule has 0 unspecified atom stereocenters. The molecule has 1 amide bonds. The van der Waals surface area contributed by atoms with Crippen LogP contribution in [0, 0.1) is 11.8 Å². The van der Waals surface area contributed by atoms with E-state index >= 15 is 0 Å². The number of carbonyl (C=O) groups excluding carboxylic acids is 1. The van der Waals surface area contributed by atoms with Crippen molar-refractivity contribution in [3.63, 3.8) is 0 Å². The quantitative estimate of drug-likeness (QED) is 0.721. The Morgan fingerprint density at radius 2 is 1.97 bits per heavy atom. The molecular formula is C24H27F3N2O3. The fourth-order valence-electron chi connectivity index (χ4n) is 4.66. The lowest BCUT2D eigenvalue weighted by molar-refractivity contribution is -0.137. The number of nitrogens with one attached hydrogen (secondary N) is 1. The van der Waals surface area contributed by atoms with Crippen molar-refractivity contribution in [3.05, 3.63) is 53.6 Å². The van der Waals surface area contributed by atoms with Gasteiger partial charge >= 0.3 is 6.18 Å². The molecule has 5 nitrogen and oxygen atoms in total. The summed E-state index contributed by atoms with van der Waals surface area (Å²) >= 11 is 0. The minimum absolute atomic E-state index is 0.0804. The molecule has 32 heavy (non-hydrogen) atoms. The Labute approximate surface area is 185 Å². The second-order valence-electron chi connectivity index (χ2n) is 8.45. The third-order valence-corrected chi connectivity index (χ3v) is 6.34. The highest BCUT2D eigenvalue weighted by atomic mass is 19.4. The Hall–Kier alpha value is -2.74. The molecule has 8 heteroatoms. The van der Waals surface area contributed by atoms with Crippen LogP contribution in [-0.4, -0.2) is 37.6 Å². The fourth-order valence-corrected chi connectivity index (χ4v) is 4.66. The highest BCUT2D eigenvalue weighted by Crippen LogP contribution is 2.37. The van der Waals surface area contributed by atoms with Crippen LogP contribution < -0.4 is 14.8 Å². The van der Waals surface area contributed by atoms with Gasteiger partial charge in [0.25, 0.3) is 0 Å². The summed E-state index contributed by atoms with van der Waals surface area (Å²) in [5, 5.41) is 2.65. The number of carbonyl (C=O) groups is 1. The van der Waals surface area contributed by atoms with E-state index in [4.69, 9.17) is 9.47 Å². The van der Waals surface area contributed by atoms with Crippen LogP contribution in [0.15, 0.2) is 42.5 Å². The maximum atomic E-state index is 13.1. The van der Waals surface area contributed by atoms with E-state index in [2.05, 4.69) is 16.3 Å². The summed E-state index contributed by atoms with van der Waals surface area (Å²) in [5.74, 6) is 1.29. The fraction of sp³-hybridized carbons (Fsp3) is 0.458. The van der Waals surface area contributed by atoms with Crippen LogP contribution in [0.25, 0.3) is 0 Å². The average molecular weight is 448 g/mol. The summed E-state index contributed by atoms with van der Waals surface area (Å²) in [6, 6.07) is 11.2. The van der Waals surface area contributed by atoms with Gasteiger partial charge in [-0.3, -0.25) is 9.69 Å². The van der Waals surface area contributed by atoms with E-state index in [-0.39, 0.29) is 29.2 Å². The zero-order valence-corrected chi connectivity index (χ0v) is 18.0. The number of amides is 1. The summed E-state index contributed by atoms with van der Waals surface area (Å²) in [6.45, 7) is 2.84. The van der Waals surface area contributed by atoms with Crippen molar-refractivity contribution < 1.29 is 27.4 Å². The van der Waals surface area contributed by atoms with Gasteiger partial charge in [-0.05, 0) is 55.5 Å². The summed E-state index contributed by atoms with van der Waals surface area (Å²) < 4.78 is 50.5. The van der Waals surface area contributed by atoms with Gasteiger partial charge < -0.3 is 14.8 Å². The van der Waals surface area contributed by atoms with E-state index in [9.17, 15) is 18.0 Å². The smallest absolute Gasteiger partial charge is 0.416 e. The maximum Gasteiger partial charge on any atom is 0.416 e. The van der Waals surface area contributed by atoms with Crippen molar-refractivity contribution in [1.29, 1.82) is 0 Å². The van der Waals surface area contributed by atoms with E-state index in [0.717, 1.165) is 55.9 Å². The molecule has 2 heterocycles. The molecule has 0 aliphatic carbocycles. The molecule has 1 fully saturated rings. The highest BCUT2D eigenvalue weighted by molar-refractivity contribution is 5.92. The van der Waals surface area contributed by atoms with Crippen molar-refractivity contribution in [2.75, 3.05) is 32.1 Å². The summed E-state index contributed by atoms with van der Waals surface area (Å²) in [5.41, 5.74) is 0.397. The zero-order valence-electron chi connectivity index (χ0n) is 18.0. The van der Waals surface area contributed by atoms with E-state index < -0.39 is 11.7 Å². The number of anilines is 1. The number of benzene rings is 2. The molecule has 0 saturated carbocycles. The standard InChI is InChI=1S/C24H27F3N2O3/c1-31-21-5-3-2-4-18(21)15-29-10-8-16-12-23(30)28-20-13-19(24(25,26)27)6-7-22(20)32-11-9-17(16)14-29/h2-7,13,16-17H,8-12,14-15H2,1H3,(H,28,30)/t16-,17-/m0/s1. The normalized spacial score (nSPS) is 22.2. The van der Waals surface area contributed by atoms with Gasteiger partial charge in [-0.1, -0.05) is 18.2 Å². The number of methoxy groups -OCH3 is 1. The van der Waals surface area contributed by atoms with Gasteiger partial charge in [-0.2, -0.15) is 13.2 Å². The number of piperidine rings is 1. The van der Waals surface area contributed by atoms with Crippen molar-refractivity contribution in [2.24, 2.45) is 11.8 Å². The molecule has 4 rings (SSSR count). The summed E-state index contributed by atoms with van der Waals surface area (Å²) in [6.07, 6.45) is -2.60. The number of rotatable bonds is 3. The molecule has 2 aromatic rings. The van der Waals surface area contributed by atoms with Crippen molar-refractivity contribution in [2.45, 2.75) is 32.0 Å². The van der Waals surface area contributed by atoms with Crippen LogP contribution >= 0.6 is 0 Å². The largest absolute Gasteiger partial charge is 0.496 e. The Morgan fingerprint density at radius 3 is 2.75 bits per heavy atom. The van der Waals surface area contributed by atoms with Crippen LogP contribution in [-0.2, 0) is 17.5 Å². The number of fused-ring (bicyclic) bond motifs is 2. The van der Waals surface area contributed by atoms with Crippen LogP contribution in [0.2, 0.25) is 0 Å². The van der Waals surface area contributed by atoms with Gasteiger partial charge in [0.15, 0.2) is 0 Å². The maximum absolute atomic E-state index is 13.1. The minimum Gasteiger partial charge on any atom is -0.496 e. The summed E-state index contributed by atoms with van der Waals surface area (Å²) in [4.78, 5) is 15.0. The zero-order chi connectivity index (χ0) is 22.7. The first-order valence-electron chi connectivity index (χ1n) is 10.8. The molecule has 0 spiro atoms. The molecule has 1 N–H and O–H groups in total. The molecule has 2 aromatic carbocycles. The van der Waals surface area contributed by atoms with Gasteiger partial charge in [-0.25, -0.2) is 0 Å². The van der Waals surface area contributed by atoms with E-state index in [1.807, 2.05) is 18.2 Å². The van der Waals surface area contributed by atoms with E-state index in [1.165, 1.54) is 6.07 Å². The number of hydrogen-bond donors (Lipinski definition) is 1. The molecule has 2 atom stereocenters. The second-order valence-corrected chi connectivity index (χ2v) is 8.45. The van der Waals surface area contributed by atoms with Gasteiger partial charge in [0, 0.05) is 25.1 Å². The Balaban J connectivity index is 1.47. The molecule has 0 bridgehead atoms. The number of alkyl halides is 3. The average Bonchev–Trinajstić information content (AvgIpc) is 2.76. The molecule has 1 saturated heterocycles. The molecular weight excluding hydrogens is 421 g/mol. The topological polar surface area (TPSA) is 50.8 Å². The Morgan fingerprint density at radius 1 is 1.16 bits per heavy atom. The first kappa shape index (κ1) is 22.5. The van der Waals surface area contributed by atoms with Gasteiger partial charge in [0.1, 0.15) is 11.5 Å². The molecule has 0 aromatic heterocycles. The monoisotopic (exact) mass is 448 g/mol. The Bertz CT molecular complexity index is 964. The van der Waals surface area contributed by atoms with Gasteiger partial charge in [0.2, 0.25) is 5.91 Å². The predicted molar refractivity (Wildman–Crippen MR) is 115 cm³/mol. The van der Waals surface area contributed by atoms with Crippen molar-refractivity contribution in [1.82, 2.24) is 4.90 Å². The molecule has 0 radical (unpaired) electrons. The molecule has 2 aliphatic rings. The van der Waals surface area contributed by atoms with Crippen LogP contribution in [0.1, 0.15) is 30.4 Å². The van der Waals surface area contributed by atoms with Gasteiger partial charge in [0.05, 0.1) is 25.0 Å². The van der Waals surface area contributed by atoms with Crippen LogP contribution in [0.5, 0.6) is 11.5 Å². The number of ether oxygens (including phenoxy) is 2. The SMILES string of the molecule is COc1ccccc1CN1CC[C@H]2CC(=O)Nc3cc(C(F)(F)F)ccc3OCC[C@H]2C1. The lowest BCUT2D eigenvalue weighted by atomic mass is 9.81. The lowest BCUT2D eigenvalue weighted by Crippen LogP contribution is -2.42. The van der Waals surface area contributed by atoms with E-state index in [0.29, 0.717) is 13.0 Å². The molecule has 172 valence electrons. The second kappa shape index (κ2) is 9.40. The third kappa shape index (κ3) is 5.18. The van der Waals surface area contributed by atoms with Crippen LogP contribution in [0.4, 0.5) is 18.9 Å². The van der Waals surface area contributed by atoms with E-state index in [1.54, 1.807) is 7.11 Å². The predicted octanol–water partition coefficient (Wildman–Crippen LogP) is 4.96. The number of hydrogen-bond acceptors (Lipinski definition) is 4. The number of likely N-dealkylation sites (tertiary alicyclic amines) is 1. The summed E-state index contributed by atoms with van der Waals surface area (Å²) in [7, 11) is 1.66. The first-order chi connectivity index (χ1) is 15.3. The van der Waals surface area contributed by atoms with Crippen molar-refractivity contribution in [3.8, 4) is 11.5 Å². The lowest BCUT2D eigenvalue weighted by Gasteiger charge is -2.39. The van der Waals surface area contributed by atoms with Crippen molar-refractivity contribution >= 4 is 11.6 Å². The van der Waals surface area contributed by atoms with Crippen LogP contribution in [0.3, 0.4) is 0 Å². The highest BCUT2D eigenvalue weighted by Gasteiger charge is 2.34. The Kier molecular flexibility index (Phi) is 6.60. The first-order valence-corrected chi connectivity index (χ1v) is 10.8. The van der Waals surface area contributed by atoms with Gasteiger partial charge in [-0.15, -0.1) is 0 Å². The third-order valence-electron chi connectivity index (χ3n) is 6.34. The number of nitrogens with zero attached hydrogens (tertiary/aromatic N) is 1. The molecule has 2 aliphatic heterocycles.